The van der Waals surface area contributed by atoms with Crippen LogP contribution in [0.4, 0.5) is 5.13 Å². The van der Waals surface area contributed by atoms with E-state index in [-0.39, 0.29) is 40.3 Å². The Labute approximate surface area is 206 Å². The van der Waals surface area contributed by atoms with Crippen molar-refractivity contribution in [3.05, 3.63) is 17.1 Å². The number of aliphatic carboxylic acids is 1. The van der Waals surface area contributed by atoms with Crippen LogP contribution in [0.5, 0.6) is 0 Å². The molecule has 184 valence electrons. The lowest BCUT2D eigenvalue weighted by Crippen LogP contribution is -2.71. The number of hydrogen-bond donors (Lipinski definition) is 3. The van der Waals surface area contributed by atoms with Crippen molar-refractivity contribution in [2.45, 2.75) is 24.8 Å². The maximum atomic E-state index is 12.8. The van der Waals surface area contributed by atoms with Gasteiger partial charge < -0.3 is 25.7 Å². The van der Waals surface area contributed by atoms with Crippen molar-refractivity contribution in [1.82, 2.24) is 19.6 Å². The normalized spacial score (nSPS) is 19.3. The van der Waals surface area contributed by atoms with Crippen molar-refractivity contribution in [2.24, 2.45) is 5.16 Å². The number of oxime groups is 1. The number of nitrogens with zero attached hydrogens (tertiary/aromatic N) is 4. The van der Waals surface area contributed by atoms with Crippen molar-refractivity contribution in [2.75, 3.05) is 24.7 Å². The molecule has 0 aromatic carbocycles. The molecule has 2 aliphatic heterocycles. The Morgan fingerprint density at radius 3 is 2.74 bits per heavy atom. The van der Waals surface area contributed by atoms with Crippen molar-refractivity contribution >= 4 is 63.7 Å². The topological polar surface area (TPSA) is 203 Å². The van der Waals surface area contributed by atoms with Gasteiger partial charge in [0.1, 0.15) is 35.9 Å². The molecule has 4 N–H and O–H groups in total. The summed E-state index contributed by atoms with van der Waals surface area (Å²) in [5, 5.41) is 15.1. The summed E-state index contributed by atoms with van der Waals surface area (Å²) >= 11 is 1.97. The fourth-order valence-corrected chi connectivity index (χ4v) is 4.84. The van der Waals surface area contributed by atoms with E-state index in [1.165, 1.54) is 6.92 Å². The average molecular weight is 523 g/mol. The summed E-state index contributed by atoms with van der Waals surface area (Å²) in [7, 11) is 0. The van der Waals surface area contributed by atoms with Gasteiger partial charge in [0, 0.05) is 22.9 Å². The molecule has 0 spiro atoms. The Morgan fingerprint density at radius 1 is 1.40 bits per heavy atom. The predicted octanol–water partition coefficient (Wildman–Crippen LogP) is -1.26. The number of terminal acetylenes is 1. The first kappa shape index (κ1) is 25.6. The zero-order valence-corrected chi connectivity index (χ0v) is 19.7. The molecular formula is C19H18N6O8S2. The highest BCUT2D eigenvalue weighted by molar-refractivity contribution is 8.00. The summed E-state index contributed by atoms with van der Waals surface area (Å²) < 4.78 is 8.87. The largest absolute Gasteiger partial charge is 0.477 e. The molecule has 1 unspecified atom stereocenters. The highest BCUT2D eigenvalue weighted by Crippen LogP contribution is 2.40. The average Bonchev–Trinajstić information content (AvgIpc) is 3.23. The third-order valence-electron chi connectivity index (χ3n) is 4.51. The second kappa shape index (κ2) is 11.0. The Kier molecular flexibility index (Phi) is 8.04. The molecule has 1 fully saturated rings. The number of fused-ring (bicyclic) bond motifs is 1. The van der Waals surface area contributed by atoms with Gasteiger partial charge in [0.15, 0.2) is 11.7 Å². The number of carbonyl (C=O) groups is 5. The highest BCUT2D eigenvalue weighted by atomic mass is 32.2. The lowest BCUT2D eigenvalue weighted by molar-refractivity contribution is -0.150. The molecule has 1 aromatic rings. The minimum absolute atomic E-state index is 0.0685. The molecule has 1 saturated heterocycles. The Balaban J connectivity index is 1.74. The molecule has 0 radical (unpaired) electrons. The summed E-state index contributed by atoms with van der Waals surface area (Å²) in [5.74, 6) is -2.03. The number of nitrogen functional groups attached to an aromatic ring is 1. The number of esters is 1. The number of carboxylic acids is 1. The number of anilines is 1. The number of nitrogens with two attached hydrogens (primary N) is 1. The van der Waals surface area contributed by atoms with Gasteiger partial charge in [-0.05, 0) is 6.92 Å². The number of carboxylic acid groups (broad SMARTS) is 1. The molecule has 3 heterocycles. The number of Topliss-reactive ketones (excluding diaryl/α,β-unsaturated/α-hetero) is 1. The third-order valence-corrected chi connectivity index (χ3v) is 6.39. The molecule has 3 rings (SSSR count). The fraction of sp³-hybridized carbons (Fsp3) is 0.368. The van der Waals surface area contributed by atoms with Crippen LogP contribution in [0.2, 0.25) is 0 Å². The monoisotopic (exact) mass is 522 g/mol. The first-order valence-electron chi connectivity index (χ1n) is 9.72. The summed E-state index contributed by atoms with van der Waals surface area (Å²) in [6.07, 6.45) is 4.65. The molecule has 14 nitrogen and oxygen atoms in total. The van der Waals surface area contributed by atoms with Gasteiger partial charge in [-0.3, -0.25) is 24.1 Å². The number of amides is 2. The molecule has 35 heavy (non-hydrogen) atoms. The van der Waals surface area contributed by atoms with Crippen molar-refractivity contribution in [3.8, 4) is 12.3 Å². The molecule has 16 heteroatoms. The maximum absolute atomic E-state index is 12.8. The van der Waals surface area contributed by atoms with Crippen LogP contribution < -0.4 is 11.1 Å². The highest BCUT2D eigenvalue weighted by Gasteiger charge is 2.54. The number of carbonyl (C=O) groups excluding carboxylic acids is 4. The van der Waals surface area contributed by atoms with Gasteiger partial charge in [0.05, 0.1) is 0 Å². The lowest BCUT2D eigenvalue weighted by atomic mass is 10.0. The molecule has 2 aliphatic rings. The maximum Gasteiger partial charge on any atom is 0.352 e. The fourth-order valence-electron chi connectivity index (χ4n) is 3.08. The Morgan fingerprint density at radius 2 is 2.14 bits per heavy atom. The van der Waals surface area contributed by atoms with Crippen LogP contribution in [0.1, 0.15) is 19.2 Å². The van der Waals surface area contributed by atoms with Crippen LogP contribution in [-0.4, -0.2) is 85.0 Å². The zero-order chi connectivity index (χ0) is 25.7. The van der Waals surface area contributed by atoms with E-state index < -0.39 is 54.0 Å². The molecular weight excluding hydrogens is 504 g/mol. The summed E-state index contributed by atoms with van der Waals surface area (Å²) in [5.41, 5.74) is 5.02. The van der Waals surface area contributed by atoms with Gasteiger partial charge in [-0.2, -0.15) is 9.36 Å². The van der Waals surface area contributed by atoms with E-state index in [0.717, 1.165) is 28.2 Å². The van der Waals surface area contributed by atoms with E-state index in [9.17, 15) is 29.1 Å². The van der Waals surface area contributed by atoms with E-state index in [1.807, 2.05) is 0 Å². The van der Waals surface area contributed by atoms with Crippen LogP contribution in [0.25, 0.3) is 0 Å². The molecule has 0 bridgehead atoms. The van der Waals surface area contributed by atoms with E-state index in [4.69, 9.17) is 21.7 Å². The second-order valence-corrected chi connectivity index (χ2v) is 8.92. The van der Waals surface area contributed by atoms with Crippen LogP contribution in [0, 0.1) is 12.3 Å². The number of ketones is 1. The summed E-state index contributed by atoms with van der Waals surface area (Å²) in [6.45, 7) is 0.584. The van der Waals surface area contributed by atoms with Gasteiger partial charge in [0.25, 0.3) is 11.8 Å². The first-order chi connectivity index (χ1) is 16.6. The third kappa shape index (κ3) is 5.75. The zero-order valence-electron chi connectivity index (χ0n) is 18.0. The van der Waals surface area contributed by atoms with Crippen LogP contribution >= 0.6 is 23.3 Å². The molecule has 2 atom stereocenters. The van der Waals surface area contributed by atoms with Crippen LogP contribution in [0.15, 0.2) is 16.4 Å². The van der Waals surface area contributed by atoms with E-state index in [0.29, 0.717) is 0 Å². The number of rotatable bonds is 10. The smallest absolute Gasteiger partial charge is 0.352 e. The molecule has 0 aliphatic carbocycles. The van der Waals surface area contributed by atoms with Gasteiger partial charge in [-0.25, -0.2) is 4.79 Å². The minimum Gasteiger partial charge on any atom is -0.477 e. The first-order valence-corrected chi connectivity index (χ1v) is 11.5. The van der Waals surface area contributed by atoms with E-state index >= 15 is 0 Å². The molecule has 2 amide bonds. The number of nitrogens with one attached hydrogen (secondary N) is 1. The minimum atomic E-state index is -1.40. The van der Waals surface area contributed by atoms with Crippen LogP contribution in [0.3, 0.4) is 0 Å². The van der Waals surface area contributed by atoms with Gasteiger partial charge >= 0.3 is 11.9 Å². The standard InChI is InChI=1S/C19H18N6O8S2/c1-3-4-33-23-11(14-22-19(20)35-24-14)15(28)21-12-16(29)25-13(18(30)31)9(7-34-17(12)25)6-32-10(27)5-8(2)26/h1,12,17H,4-7H2,2H3,(H,21,28)(H,30,31)(H2,20,22,24)/b23-11+/t12?,17-/m1/s1. The van der Waals surface area contributed by atoms with Crippen LogP contribution in [-0.2, 0) is 33.5 Å². The summed E-state index contributed by atoms with van der Waals surface area (Å²) in [6, 6.07) is -1.09. The molecule has 1 aromatic heterocycles. The van der Waals surface area contributed by atoms with Gasteiger partial charge in [0.2, 0.25) is 11.5 Å². The predicted molar refractivity (Wildman–Crippen MR) is 122 cm³/mol. The molecule has 0 saturated carbocycles. The number of thioether (sulfide) groups is 1. The second-order valence-electron chi connectivity index (χ2n) is 7.03. The van der Waals surface area contributed by atoms with Crippen molar-refractivity contribution < 1.29 is 38.7 Å². The number of ether oxygens (including phenoxy) is 1. The number of aromatic nitrogens is 2. The van der Waals surface area contributed by atoms with E-state index in [1.54, 1.807) is 0 Å². The number of β-lactam (4-membered cyclic amide) rings is 1. The van der Waals surface area contributed by atoms with Gasteiger partial charge in [-0.1, -0.05) is 11.1 Å². The Hall–Kier alpha value is -3.97. The summed E-state index contributed by atoms with van der Waals surface area (Å²) in [4.78, 5) is 69.9. The van der Waals surface area contributed by atoms with E-state index in [2.05, 4.69) is 25.8 Å². The quantitative estimate of drug-likeness (QED) is 0.0626. The van der Waals surface area contributed by atoms with Crippen molar-refractivity contribution in [1.29, 1.82) is 0 Å². The van der Waals surface area contributed by atoms with Crippen molar-refractivity contribution in [3.63, 3.8) is 0 Å². The van der Waals surface area contributed by atoms with Gasteiger partial charge in [-0.15, -0.1) is 18.2 Å². The SMILES string of the molecule is C#CCO/N=C(/C(=O)NC1C(=O)N2C(C(=O)O)=C(COC(=O)CC(C)=O)CS[C@H]12)c1nsc(N)n1. The lowest BCUT2D eigenvalue weighted by Gasteiger charge is -2.49. The number of hydrogen-bond acceptors (Lipinski definition) is 13. The Bertz CT molecular complexity index is 1190.